The van der Waals surface area contributed by atoms with Gasteiger partial charge in [0.15, 0.2) is 6.29 Å². The van der Waals surface area contributed by atoms with E-state index in [4.69, 9.17) is 9.47 Å². The quantitative estimate of drug-likeness (QED) is 0.334. The molecule has 1 aromatic rings. The van der Waals surface area contributed by atoms with Crippen LogP contribution >= 0.6 is 0 Å². The fourth-order valence-electron chi connectivity index (χ4n) is 5.10. The molecular weight excluding hydrogens is 448 g/mol. The van der Waals surface area contributed by atoms with E-state index >= 15 is 0 Å². The summed E-state index contributed by atoms with van der Waals surface area (Å²) in [6.07, 6.45) is 0.894. The Morgan fingerprint density at radius 2 is 1.94 bits per heavy atom. The first kappa shape index (κ1) is 27.7. The van der Waals surface area contributed by atoms with E-state index in [-0.39, 0.29) is 17.6 Å². The molecule has 0 bridgehead atoms. The van der Waals surface area contributed by atoms with E-state index in [1.165, 1.54) is 5.57 Å². The topological polar surface area (TPSA) is 120 Å². The average Bonchev–Trinajstić information content (AvgIpc) is 2.81. The SMILES string of the molecule is C=C(C)[C@@H]1CCC(C)=C[C@H]1c1c(O)cc(CCC(C)CC)cc1OC1O[C@H](O)[C@@H](O)[C@H](O)[C@H]1CO. The zero-order valence-corrected chi connectivity index (χ0v) is 21.4. The molecule has 7 nitrogen and oxygen atoms in total. The Labute approximate surface area is 208 Å². The van der Waals surface area contributed by atoms with Crippen LogP contribution in [0.5, 0.6) is 11.5 Å². The smallest absolute Gasteiger partial charge is 0.210 e. The molecule has 2 unspecified atom stereocenters. The van der Waals surface area contributed by atoms with Gasteiger partial charge in [0.2, 0.25) is 6.29 Å². The first-order chi connectivity index (χ1) is 16.6. The standard InChI is InChI=1S/C28H42O7/c1-6-16(4)7-9-18-12-22(30)24(20-11-17(5)8-10-19(20)15(2)3)23(13-18)34-28-21(14-29)25(31)26(32)27(33)35-28/h11-13,16,19-21,25-33H,2,6-10,14H2,1,3-5H3/t16?,19-,20+,21+,25+,26-,27-,28?/m0/s1. The lowest BCUT2D eigenvalue weighted by Crippen LogP contribution is -2.57. The summed E-state index contributed by atoms with van der Waals surface area (Å²) >= 11 is 0. The van der Waals surface area contributed by atoms with Crippen LogP contribution in [-0.2, 0) is 11.2 Å². The van der Waals surface area contributed by atoms with Gasteiger partial charge in [-0.15, -0.1) is 0 Å². The number of benzene rings is 1. The summed E-state index contributed by atoms with van der Waals surface area (Å²) in [4.78, 5) is 0. The molecule has 0 radical (unpaired) electrons. The van der Waals surface area contributed by atoms with Crippen LogP contribution in [0.2, 0.25) is 0 Å². The van der Waals surface area contributed by atoms with Crippen molar-refractivity contribution in [1.29, 1.82) is 0 Å². The Morgan fingerprint density at radius 3 is 2.57 bits per heavy atom. The van der Waals surface area contributed by atoms with E-state index in [2.05, 4.69) is 33.4 Å². The molecule has 0 amide bonds. The van der Waals surface area contributed by atoms with Crippen LogP contribution in [0.3, 0.4) is 0 Å². The Hall–Kier alpha value is -1.90. The highest BCUT2D eigenvalue weighted by Gasteiger charge is 2.45. The van der Waals surface area contributed by atoms with Crippen molar-refractivity contribution in [3.8, 4) is 11.5 Å². The summed E-state index contributed by atoms with van der Waals surface area (Å²) in [7, 11) is 0. The van der Waals surface area contributed by atoms with Gasteiger partial charge in [0.05, 0.1) is 18.6 Å². The molecule has 8 atom stereocenters. The maximum atomic E-state index is 11.3. The Kier molecular flexibility index (Phi) is 9.40. The molecule has 1 aromatic carbocycles. The van der Waals surface area contributed by atoms with Crippen molar-refractivity contribution in [2.24, 2.45) is 17.8 Å². The zero-order valence-electron chi connectivity index (χ0n) is 21.4. The van der Waals surface area contributed by atoms with Gasteiger partial charge in [0.1, 0.15) is 17.6 Å². The summed E-state index contributed by atoms with van der Waals surface area (Å²) < 4.78 is 11.7. The van der Waals surface area contributed by atoms with Crippen LogP contribution < -0.4 is 4.74 Å². The average molecular weight is 491 g/mol. The molecule has 3 rings (SSSR count). The zero-order chi connectivity index (χ0) is 25.9. The van der Waals surface area contributed by atoms with Crippen molar-refractivity contribution >= 4 is 0 Å². The van der Waals surface area contributed by atoms with Gasteiger partial charge in [0, 0.05) is 11.5 Å². The number of aliphatic hydroxyl groups is 4. The fourth-order valence-corrected chi connectivity index (χ4v) is 5.10. The number of allylic oxidation sites excluding steroid dienone is 3. The van der Waals surface area contributed by atoms with E-state index in [0.29, 0.717) is 17.2 Å². The van der Waals surface area contributed by atoms with Gasteiger partial charge in [0.25, 0.3) is 0 Å². The van der Waals surface area contributed by atoms with Gasteiger partial charge >= 0.3 is 0 Å². The minimum atomic E-state index is -1.66. The molecule has 1 aliphatic carbocycles. The second-order valence-corrected chi connectivity index (χ2v) is 10.4. The highest BCUT2D eigenvalue weighted by molar-refractivity contribution is 5.52. The molecular formula is C28H42O7. The number of aromatic hydroxyl groups is 1. The third kappa shape index (κ3) is 6.27. The molecule has 2 aliphatic rings. The predicted molar refractivity (Wildman–Crippen MR) is 134 cm³/mol. The number of hydrogen-bond acceptors (Lipinski definition) is 7. The van der Waals surface area contributed by atoms with Gasteiger partial charge in [-0.05, 0) is 69.1 Å². The number of rotatable bonds is 9. The summed E-state index contributed by atoms with van der Waals surface area (Å²) in [5, 5.41) is 51.6. The van der Waals surface area contributed by atoms with Gasteiger partial charge < -0.3 is 35.0 Å². The molecule has 1 saturated heterocycles. The first-order valence-electron chi connectivity index (χ1n) is 12.7. The third-order valence-electron chi connectivity index (χ3n) is 7.67. The summed E-state index contributed by atoms with van der Waals surface area (Å²) in [5.41, 5.74) is 3.73. The molecule has 0 aromatic heterocycles. The first-order valence-corrected chi connectivity index (χ1v) is 12.7. The number of aliphatic hydroxyl groups excluding tert-OH is 4. The third-order valence-corrected chi connectivity index (χ3v) is 7.67. The number of hydrogen-bond donors (Lipinski definition) is 5. The predicted octanol–water partition coefficient (Wildman–Crippen LogP) is 3.77. The van der Waals surface area contributed by atoms with E-state index in [1.807, 2.05) is 13.0 Å². The van der Waals surface area contributed by atoms with E-state index in [0.717, 1.165) is 43.2 Å². The molecule has 35 heavy (non-hydrogen) atoms. The van der Waals surface area contributed by atoms with Crippen molar-refractivity contribution < 1.29 is 35.0 Å². The van der Waals surface area contributed by atoms with Crippen molar-refractivity contribution in [2.45, 2.75) is 90.5 Å². The lowest BCUT2D eigenvalue weighted by atomic mass is 9.73. The second kappa shape index (κ2) is 11.9. The molecule has 0 saturated carbocycles. The minimum Gasteiger partial charge on any atom is -0.507 e. The lowest BCUT2D eigenvalue weighted by molar-refractivity contribution is -0.312. The molecule has 1 aliphatic heterocycles. The highest BCUT2D eigenvalue weighted by atomic mass is 16.7. The largest absolute Gasteiger partial charge is 0.507 e. The van der Waals surface area contributed by atoms with E-state index in [1.54, 1.807) is 6.07 Å². The van der Waals surface area contributed by atoms with Crippen LogP contribution in [0.15, 0.2) is 35.9 Å². The Balaban J connectivity index is 2.06. The summed E-state index contributed by atoms with van der Waals surface area (Å²) in [6, 6.07) is 3.67. The van der Waals surface area contributed by atoms with Gasteiger partial charge in [-0.25, -0.2) is 0 Å². The normalized spacial score (nSPS) is 32.1. The van der Waals surface area contributed by atoms with Crippen molar-refractivity contribution in [3.63, 3.8) is 0 Å². The Morgan fingerprint density at radius 1 is 1.23 bits per heavy atom. The lowest BCUT2D eigenvalue weighted by Gasteiger charge is -2.40. The molecule has 0 spiro atoms. The van der Waals surface area contributed by atoms with E-state index in [9.17, 15) is 25.5 Å². The minimum absolute atomic E-state index is 0.108. The molecule has 1 heterocycles. The number of aryl methyl sites for hydroxylation is 1. The number of phenolic OH excluding ortho intramolecular Hbond substituents is 1. The van der Waals surface area contributed by atoms with Crippen molar-refractivity contribution in [1.82, 2.24) is 0 Å². The summed E-state index contributed by atoms with van der Waals surface area (Å²) in [6.45, 7) is 12.1. The molecule has 7 heteroatoms. The number of ether oxygens (including phenoxy) is 2. The molecule has 196 valence electrons. The monoisotopic (exact) mass is 490 g/mol. The second-order valence-electron chi connectivity index (χ2n) is 10.4. The van der Waals surface area contributed by atoms with Crippen LogP contribution in [-0.4, -0.2) is 56.9 Å². The highest BCUT2D eigenvalue weighted by Crippen LogP contribution is 2.47. The van der Waals surface area contributed by atoms with Gasteiger partial charge in [-0.1, -0.05) is 44.1 Å². The van der Waals surface area contributed by atoms with Gasteiger partial charge in [-0.2, -0.15) is 0 Å². The van der Waals surface area contributed by atoms with E-state index < -0.39 is 37.3 Å². The van der Waals surface area contributed by atoms with Crippen LogP contribution in [0.4, 0.5) is 0 Å². The van der Waals surface area contributed by atoms with Crippen molar-refractivity contribution in [3.05, 3.63) is 47.1 Å². The molecule has 5 N–H and O–H groups in total. The van der Waals surface area contributed by atoms with Gasteiger partial charge in [-0.3, -0.25) is 0 Å². The summed E-state index contributed by atoms with van der Waals surface area (Å²) in [5.74, 6) is -0.0156. The van der Waals surface area contributed by atoms with Crippen LogP contribution in [0.1, 0.15) is 70.4 Å². The fraction of sp³-hybridized carbons (Fsp3) is 0.643. The van der Waals surface area contributed by atoms with Crippen LogP contribution in [0.25, 0.3) is 0 Å². The molecule has 1 fully saturated rings. The maximum Gasteiger partial charge on any atom is 0.210 e. The van der Waals surface area contributed by atoms with Crippen LogP contribution in [0, 0.1) is 17.8 Å². The Bertz CT molecular complexity index is 911. The maximum absolute atomic E-state index is 11.3. The van der Waals surface area contributed by atoms with Crippen molar-refractivity contribution in [2.75, 3.05) is 6.61 Å². The number of phenols is 1.